The first-order valence-corrected chi connectivity index (χ1v) is 8.90. The Kier molecular flexibility index (Phi) is 4.89. The van der Waals surface area contributed by atoms with Gasteiger partial charge in [0.05, 0.1) is 17.1 Å². The fraction of sp³-hybridized carbons (Fsp3) is 0.0435. The molecule has 0 bridgehead atoms. The molecule has 136 valence electrons. The third-order valence-electron chi connectivity index (χ3n) is 4.36. The number of aryl methyl sites for hydroxylation is 1. The van der Waals surface area contributed by atoms with Gasteiger partial charge in [0, 0.05) is 5.39 Å². The highest BCUT2D eigenvalue weighted by Crippen LogP contribution is 2.37. The van der Waals surface area contributed by atoms with Crippen molar-refractivity contribution < 1.29 is 5.11 Å². The van der Waals surface area contributed by atoms with Crippen LogP contribution in [0.25, 0.3) is 10.8 Å². The quantitative estimate of drug-likeness (QED) is 0.370. The molecular weight excluding hydrogens is 348 g/mol. The minimum atomic E-state index is 0.137. The van der Waals surface area contributed by atoms with Gasteiger partial charge in [0.15, 0.2) is 5.75 Å². The molecule has 0 saturated carbocycles. The molecule has 0 unspecified atom stereocenters. The first-order valence-electron chi connectivity index (χ1n) is 8.90. The fourth-order valence-corrected chi connectivity index (χ4v) is 2.91. The zero-order valence-corrected chi connectivity index (χ0v) is 15.3. The van der Waals surface area contributed by atoms with Crippen molar-refractivity contribution in [3.63, 3.8) is 0 Å². The third kappa shape index (κ3) is 3.78. The predicted octanol–water partition coefficient (Wildman–Crippen LogP) is 7.68. The van der Waals surface area contributed by atoms with Gasteiger partial charge in [-0.25, -0.2) is 0 Å². The molecule has 5 heteroatoms. The number of nitrogens with zero attached hydrogens (tertiary/aromatic N) is 4. The number of phenolic OH excluding ortho intramolecular Hbond substituents is 1. The molecule has 0 saturated heterocycles. The molecule has 0 amide bonds. The summed E-state index contributed by atoms with van der Waals surface area (Å²) in [6, 6.07) is 26.4. The Balaban J connectivity index is 1.55. The van der Waals surface area contributed by atoms with Crippen molar-refractivity contribution in [2.45, 2.75) is 6.92 Å². The summed E-state index contributed by atoms with van der Waals surface area (Å²) in [6.07, 6.45) is 0. The van der Waals surface area contributed by atoms with Crippen LogP contribution in [-0.2, 0) is 0 Å². The molecule has 0 aliphatic carbocycles. The van der Waals surface area contributed by atoms with Gasteiger partial charge in [0.2, 0.25) is 0 Å². The van der Waals surface area contributed by atoms with E-state index in [9.17, 15) is 5.11 Å². The number of hydrogen-bond donors (Lipinski definition) is 1. The van der Waals surface area contributed by atoms with Gasteiger partial charge in [-0.3, -0.25) is 0 Å². The second-order valence-electron chi connectivity index (χ2n) is 6.36. The predicted molar refractivity (Wildman–Crippen MR) is 112 cm³/mol. The minimum Gasteiger partial charge on any atom is -0.505 e. The van der Waals surface area contributed by atoms with Crippen molar-refractivity contribution >= 4 is 33.5 Å². The first-order chi connectivity index (χ1) is 13.7. The molecule has 4 aromatic rings. The standard InChI is InChI=1S/C23H18N4O/c1-16-15-22(23(28)21-10-6-5-9-20(16)21)27-26-19-13-11-18(12-14-19)25-24-17-7-3-2-4-8-17/h2-15,28H,1H3. The van der Waals surface area contributed by atoms with Crippen LogP contribution in [-0.4, -0.2) is 5.11 Å². The minimum absolute atomic E-state index is 0.137. The Bertz CT molecular complexity index is 1170. The van der Waals surface area contributed by atoms with E-state index in [1.807, 2.05) is 91.9 Å². The van der Waals surface area contributed by atoms with Gasteiger partial charge in [0.25, 0.3) is 0 Å². The fourth-order valence-electron chi connectivity index (χ4n) is 2.91. The van der Waals surface area contributed by atoms with Crippen LogP contribution in [0.3, 0.4) is 0 Å². The van der Waals surface area contributed by atoms with Crippen LogP contribution in [0.15, 0.2) is 105 Å². The molecule has 0 atom stereocenters. The number of fused-ring (bicyclic) bond motifs is 1. The molecule has 5 nitrogen and oxygen atoms in total. The van der Waals surface area contributed by atoms with Crippen LogP contribution in [0, 0.1) is 6.92 Å². The highest BCUT2D eigenvalue weighted by Gasteiger charge is 2.08. The van der Waals surface area contributed by atoms with E-state index in [2.05, 4.69) is 20.5 Å². The number of aromatic hydroxyl groups is 1. The van der Waals surface area contributed by atoms with Crippen molar-refractivity contribution in [3.05, 3.63) is 90.5 Å². The third-order valence-corrected chi connectivity index (χ3v) is 4.36. The summed E-state index contributed by atoms with van der Waals surface area (Å²) in [5.41, 5.74) is 3.69. The topological polar surface area (TPSA) is 69.7 Å². The average Bonchev–Trinajstić information content (AvgIpc) is 2.75. The van der Waals surface area contributed by atoms with Gasteiger partial charge in [-0.2, -0.15) is 15.3 Å². The number of hydrogen-bond acceptors (Lipinski definition) is 5. The van der Waals surface area contributed by atoms with Gasteiger partial charge < -0.3 is 5.11 Å². The Morgan fingerprint density at radius 3 is 1.71 bits per heavy atom. The molecule has 28 heavy (non-hydrogen) atoms. The van der Waals surface area contributed by atoms with Crippen LogP contribution in [0.5, 0.6) is 5.75 Å². The van der Waals surface area contributed by atoms with Gasteiger partial charge in [-0.1, -0.05) is 42.5 Å². The number of rotatable bonds is 4. The number of benzene rings is 4. The summed E-state index contributed by atoms with van der Waals surface area (Å²) < 4.78 is 0. The molecule has 0 heterocycles. The molecule has 0 radical (unpaired) electrons. The lowest BCUT2D eigenvalue weighted by Crippen LogP contribution is -1.80. The molecule has 4 aromatic carbocycles. The number of azo groups is 2. The normalized spacial score (nSPS) is 11.6. The van der Waals surface area contributed by atoms with Crippen molar-refractivity contribution in [3.8, 4) is 5.75 Å². The average molecular weight is 366 g/mol. The van der Waals surface area contributed by atoms with E-state index in [0.717, 1.165) is 27.7 Å². The maximum Gasteiger partial charge on any atom is 0.150 e. The summed E-state index contributed by atoms with van der Waals surface area (Å²) in [5, 5.41) is 29.1. The molecule has 1 N–H and O–H groups in total. The van der Waals surface area contributed by atoms with E-state index in [1.54, 1.807) is 0 Å². The number of phenols is 1. The lowest BCUT2D eigenvalue weighted by molar-refractivity contribution is 0.482. The van der Waals surface area contributed by atoms with Gasteiger partial charge in [-0.05, 0) is 60.3 Å². The summed E-state index contributed by atoms with van der Waals surface area (Å²) in [5.74, 6) is 0.137. The molecule has 0 aromatic heterocycles. The van der Waals surface area contributed by atoms with E-state index in [4.69, 9.17) is 0 Å². The van der Waals surface area contributed by atoms with Gasteiger partial charge in [-0.15, -0.1) is 5.11 Å². The van der Waals surface area contributed by atoms with Gasteiger partial charge in [0.1, 0.15) is 5.69 Å². The van der Waals surface area contributed by atoms with Crippen LogP contribution < -0.4 is 0 Å². The summed E-state index contributed by atoms with van der Waals surface area (Å²) in [7, 11) is 0. The molecule has 0 aliphatic rings. The monoisotopic (exact) mass is 366 g/mol. The second kappa shape index (κ2) is 7.80. The first kappa shape index (κ1) is 17.5. The highest BCUT2D eigenvalue weighted by molar-refractivity contribution is 5.94. The lowest BCUT2D eigenvalue weighted by atomic mass is 10.0. The second-order valence-corrected chi connectivity index (χ2v) is 6.36. The van der Waals surface area contributed by atoms with E-state index >= 15 is 0 Å². The zero-order valence-electron chi connectivity index (χ0n) is 15.3. The zero-order chi connectivity index (χ0) is 19.3. The maximum absolute atomic E-state index is 10.5. The summed E-state index contributed by atoms with van der Waals surface area (Å²) >= 11 is 0. The Hall–Kier alpha value is -3.86. The van der Waals surface area contributed by atoms with Crippen molar-refractivity contribution in [1.82, 2.24) is 0 Å². The highest BCUT2D eigenvalue weighted by atomic mass is 16.3. The Labute approximate surface area is 162 Å². The maximum atomic E-state index is 10.5. The van der Waals surface area contributed by atoms with Crippen LogP contribution in [0.2, 0.25) is 0 Å². The van der Waals surface area contributed by atoms with Crippen molar-refractivity contribution in [2.75, 3.05) is 0 Å². The molecule has 0 fully saturated rings. The van der Waals surface area contributed by atoms with Crippen molar-refractivity contribution in [2.24, 2.45) is 20.5 Å². The van der Waals surface area contributed by atoms with Crippen LogP contribution >= 0.6 is 0 Å². The summed E-state index contributed by atoms with van der Waals surface area (Å²) in [6.45, 7) is 1.99. The van der Waals surface area contributed by atoms with Crippen molar-refractivity contribution in [1.29, 1.82) is 0 Å². The van der Waals surface area contributed by atoms with Gasteiger partial charge >= 0.3 is 0 Å². The van der Waals surface area contributed by atoms with E-state index in [0.29, 0.717) is 11.4 Å². The van der Waals surface area contributed by atoms with E-state index in [1.165, 1.54) is 0 Å². The Morgan fingerprint density at radius 2 is 1.07 bits per heavy atom. The smallest absolute Gasteiger partial charge is 0.150 e. The molecule has 0 aliphatic heterocycles. The summed E-state index contributed by atoms with van der Waals surface area (Å²) in [4.78, 5) is 0. The molecular formula is C23H18N4O. The Morgan fingerprint density at radius 1 is 0.571 bits per heavy atom. The van der Waals surface area contributed by atoms with E-state index in [-0.39, 0.29) is 5.75 Å². The van der Waals surface area contributed by atoms with E-state index < -0.39 is 0 Å². The van der Waals surface area contributed by atoms with Crippen LogP contribution in [0.4, 0.5) is 22.7 Å². The lowest BCUT2D eigenvalue weighted by Gasteiger charge is -2.06. The largest absolute Gasteiger partial charge is 0.505 e. The van der Waals surface area contributed by atoms with Crippen LogP contribution in [0.1, 0.15) is 5.56 Å². The molecule has 4 rings (SSSR count). The SMILES string of the molecule is Cc1cc(N=Nc2ccc(N=Nc3ccccc3)cc2)c(O)c2ccccc12. The molecule has 0 spiro atoms.